The predicted molar refractivity (Wildman–Crippen MR) is 110 cm³/mol. The zero-order valence-corrected chi connectivity index (χ0v) is 16.3. The van der Waals surface area contributed by atoms with Gasteiger partial charge in [0.1, 0.15) is 5.75 Å². The topological polar surface area (TPSA) is 77.2 Å². The average molecular weight is 387 g/mol. The van der Waals surface area contributed by atoms with E-state index in [1.54, 1.807) is 6.92 Å². The summed E-state index contributed by atoms with van der Waals surface area (Å²) < 4.78 is 11.0. The van der Waals surface area contributed by atoms with Crippen LogP contribution >= 0.6 is 0 Å². The molecule has 1 aromatic heterocycles. The lowest BCUT2D eigenvalue weighted by molar-refractivity contribution is -0.127. The minimum Gasteiger partial charge on any atom is -0.481 e. The molecule has 1 atom stereocenters. The molecule has 0 aliphatic carbocycles. The van der Waals surface area contributed by atoms with E-state index in [0.717, 1.165) is 21.9 Å². The molecule has 146 valence electrons. The second-order valence-electron chi connectivity index (χ2n) is 6.86. The van der Waals surface area contributed by atoms with Gasteiger partial charge in [-0.2, -0.15) is 4.98 Å². The van der Waals surface area contributed by atoms with Gasteiger partial charge in [0.05, 0.1) is 6.54 Å². The van der Waals surface area contributed by atoms with Gasteiger partial charge in [-0.1, -0.05) is 65.3 Å². The van der Waals surface area contributed by atoms with E-state index in [1.807, 2.05) is 73.7 Å². The van der Waals surface area contributed by atoms with Crippen molar-refractivity contribution in [3.05, 3.63) is 78.2 Å². The Kier molecular flexibility index (Phi) is 5.24. The number of amides is 1. The van der Waals surface area contributed by atoms with Crippen molar-refractivity contribution in [3.8, 4) is 17.1 Å². The molecule has 4 aromatic rings. The fourth-order valence-corrected chi connectivity index (χ4v) is 2.95. The lowest BCUT2D eigenvalue weighted by Gasteiger charge is -2.14. The first kappa shape index (κ1) is 18.7. The molecular weight excluding hydrogens is 366 g/mol. The minimum absolute atomic E-state index is 0.142. The zero-order chi connectivity index (χ0) is 20.2. The van der Waals surface area contributed by atoms with Crippen molar-refractivity contribution in [2.24, 2.45) is 0 Å². The summed E-state index contributed by atoms with van der Waals surface area (Å²) in [6.45, 7) is 3.86. The Labute approximate surface area is 168 Å². The molecule has 6 nitrogen and oxygen atoms in total. The summed E-state index contributed by atoms with van der Waals surface area (Å²) in [5.74, 6) is 1.22. The SMILES string of the molecule is Cc1ccc(-c2noc(CNC(=O)[C@H](C)Oc3ccc4ccccc4c3)n2)cc1. The number of nitrogens with one attached hydrogen (secondary N) is 1. The highest BCUT2D eigenvalue weighted by Crippen LogP contribution is 2.21. The van der Waals surface area contributed by atoms with Crippen LogP contribution in [0, 0.1) is 6.92 Å². The molecule has 1 amide bonds. The van der Waals surface area contributed by atoms with Gasteiger partial charge in [-0.3, -0.25) is 4.79 Å². The molecule has 3 aromatic carbocycles. The second-order valence-corrected chi connectivity index (χ2v) is 6.86. The molecule has 1 N–H and O–H groups in total. The molecule has 0 saturated carbocycles. The van der Waals surface area contributed by atoms with Gasteiger partial charge in [-0.15, -0.1) is 0 Å². The van der Waals surface area contributed by atoms with Crippen molar-refractivity contribution in [2.75, 3.05) is 0 Å². The predicted octanol–water partition coefficient (Wildman–Crippen LogP) is 4.28. The van der Waals surface area contributed by atoms with Crippen LogP contribution in [0.15, 0.2) is 71.3 Å². The lowest BCUT2D eigenvalue weighted by Crippen LogP contribution is -2.35. The quantitative estimate of drug-likeness (QED) is 0.534. The molecule has 4 rings (SSSR count). The van der Waals surface area contributed by atoms with E-state index in [0.29, 0.717) is 17.5 Å². The van der Waals surface area contributed by atoms with Crippen LogP contribution in [0.2, 0.25) is 0 Å². The van der Waals surface area contributed by atoms with Crippen LogP contribution in [0.5, 0.6) is 5.75 Å². The van der Waals surface area contributed by atoms with E-state index in [1.165, 1.54) is 0 Å². The number of nitrogens with zero attached hydrogens (tertiary/aromatic N) is 2. The number of hydrogen-bond donors (Lipinski definition) is 1. The summed E-state index contributed by atoms with van der Waals surface area (Å²) in [7, 11) is 0. The number of carbonyl (C=O) groups is 1. The maximum absolute atomic E-state index is 12.4. The fraction of sp³-hybridized carbons (Fsp3) is 0.174. The Balaban J connectivity index is 1.34. The van der Waals surface area contributed by atoms with Crippen molar-refractivity contribution < 1.29 is 14.1 Å². The monoisotopic (exact) mass is 387 g/mol. The number of hydrogen-bond acceptors (Lipinski definition) is 5. The van der Waals surface area contributed by atoms with Crippen LogP contribution < -0.4 is 10.1 Å². The summed E-state index contributed by atoms with van der Waals surface area (Å²) in [5.41, 5.74) is 2.02. The Morgan fingerprint density at radius 1 is 1.07 bits per heavy atom. The van der Waals surface area contributed by atoms with E-state index in [4.69, 9.17) is 9.26 Å². The molecular formula is C23H21N3O3. The minimum atomic E-state index is -0.657. The normalized spacial score (nSPS) is 11.9. The number of aromatic nitrogens is 2. The van der Waals surface area contributed by atoms with Gasteiger partial charge in [0, 0.05) is 5.56 Å². The fourth-order valence-electron chi connectivity index (χ4n) is 2.95. The highest BCUT2D eigenvalue weighted by atomic mass is 16.5. The van der Waals surface area contributed by atoms with E-state index in [2.05, 4.69) is 15.5 Å². The number of aryl methyl sites for hydroxylation is 1. The zero-order valence-electron chi connectivity index (χ0n) is 16.3. The lowest BCUT2D eigenvalue weighted by atomic mass is 10.1. The number of fused-ring (bicyclic) bond motifs is 1. The third-order valence-electron chi connectivity index (χ3n) is 4.59. The van der Waals surface area contributed by atoms with Gasteiger partial charge >= 0.3 is 0 Å². The number of ether oxygens (including phenoxy) is 1. The molecule has 0 radical (unpaired) electrons. The summed E-state index contributed by atoms with van der Waals surface area (Å²) in [4.78, 5) is 16.7. The van der Waals surface area contributed by atoms with Crippen LogP contribution in [0.1, 0.15) is 18.4 Å². The number of carbonyl (C=O) groups excluding carboxylic acids is 1. The summed E-state index contributed by atoms with van der Waals surface area (Å²) >= 11 is 0. The molecule has 1 heterocycles. The Bertz CT molecular complexity index is 1140. The maximum atomic E-state index is 12.4. The summed E-state index contributed by atoms with van der Waals surface area (Å²) in [5, 5.41) is 8.92. The van der Waals surface area contributed by atoms with Gasteiger partial charge in [-0.25, -0.2) is 0 Å². The Morgan fingerprint density at radius 2 is 1.83 bits per heavy atom. The summed E-state index contributed by atoms with van der Waals surface area (Å²) in [6, 6.07) is 21.6. The maximum Gasteiger partial charge on any atom is 0.261 e. The molecule has 29 heavy (non-hydrogen) atoms. The van der Waals surface area contributed by atoms with Crippen LogP contribution in [0.25, 0.3) is 22.2 Å². The highest BCUT2D eigenvalue weighted by Gasteiger charge is 2.16. The van der Waals surface area contributed by atoms with E-state index in [9.17, 15) is 4.79 Å². The first-order valence-electron chi connectivity index (χ1n) is 9.41. The van der Waals surface area contributed by atoms with Crippen molar-refractivity contribution in [2.45, 2.75) is 26.5 Å². The molecule has 0 saturated heterocycles. The molecule has 0 unspecified atom stereocenters. The van der Waals surface area contributed by atoms with Crippen LogP contribution in [-0.2, 0) is 11.3 Å². The second kappa shape index (κ2) is 8.14. The van der Waals surface area contributed by atoms with Crippen molar-refractivity contribution in [3.63, 3.8) is 0 Å². The Morgan fingerprint density at radius 3 is 2.62 bits per heavy atom. The van der Waals surface area contributed by atoms with Gasteiger partial charge in [0.25, 0.3) is 5.91 Å². The van der Waals surface area contributed by atoms with E-state index >= 15 is 0 Å². The van der Waals surface area contributed by atoms with Gasteiger partial charge < -0.3 is 14.6 Å². The average Bonchev–Trinajstić information content (AvgIpc) is 3.21. The molecule has 0 fully saturated rings. The first-order chi connectivity index (χ1) is 14.1. The van der Waals surface area contributed by atoms with Crippen molar-refractivity contribution in [1.82, 2.24) is 15.5 Å². The number of benzene rings is 3. The highest BCUT2D eigenvalue weighted by molar-refractivity contribution is 5.84. The van der Waals surface area contributed by atoms with Crippen LogP contribution in [-0.4, -0.2) is 22.2 Å². The smallest absolute Gasteiger partial charge is 0.261 e. The largest absolute Gasteiger partial charge is 0.481 e. The molecule has 0 aliphatic heterocycles. The molecule has 0 bridgehead atoms. The number of rotatable bonds is 6. The summed E-state index contributed by atoms with van der Waals surface area (Å²) in [6.07, 6.45) is -0.657. The molecule has 6 heteroatoms. The van der Waals surface area contributed by atoms with Crippen LogP contribution in [0.4, 0.5) is 0 Å². The van der Waals surface area contributed by atoms with Gasteiger partial charge in [0.15, 0.2) is 6.10 Å². The van der Waals surface area contributed by atoms with Crippen LogP contribution in [0.3, 0.4) is 0 Å². The third-order valence-corrected chi connectivity index (χ3v) is 4.59. The van der Waals surface area contributed by atoms with E-state index < -0.39 is 6.10 Å². The standard InChI is InChI=1S/C23H21N3O3/c1-15-7-9-18(10-8-15)22-25-21(29-26-22)14-24-23(27)16(2)28-20-12-11-17-5-3-4-6-19(17)13-20/h3-13,16H,14H2,1-2H3,(H,24,27)/t16-/m0/s1. The van der Waals surface area contributed by atoms with Gasteiger partial charge in [0.2, 0.25) is 11.7 Å². The first-order valence-corrected chi connectivity index (χ1v) is 9.41. The van der Waals surface area contributed by atoms with E-state index in [-0.39, 0.29) is 12.5 Å². The van der Waals surface area contributed by atoms with Gasteiger partial charge in [-0.05, 0) is 36.8 Å². The molecule has 0 aliphatic rings. The van der Waals surface area contributed by atoms with Crippen molar-refractivity contribution >= 4 is 16.7 Å². The Hall–Kier alpha value is -3.67. The molecule has 0 spiro atoms. The van der Waals surface area contributed by atoms with Crippen molar-refractivity contribution in [1.29, 1.82) is 0 Å². The third kappa shape index (κ3) is 4.43.